The van der Waals surface area contributed by atoms with Crippen LogP contribution in [-0.4, -0.2) is 25.6 Å². The third-order valence-electron chi connectivity index (χ3n) is 3.28. The molecule has 0 aliphatic carbocycles. The van der Waals surface area contributed by atoms with Gasteiger partial charge in [-0.15, -0.1) is 0 Å². The highest BCUT2D eigenvalue weighted by Crippen LogP contribution is 2.40. The maximum Gasteiger partial charge on any atom is 0.418 e. The van der Waals surface area contributed by atoms with Crippen LogP contribution in [0.15, 0.2) is 42.5 Å². The Labute approximate surface area is 132 Å². The SMILES string of the molecule is COc1cc(C(O[C]=O)c2ccccc2)c([N+](=O)[O-])cc1OC. The minimum atomic E-state index is -0.978. The van der Waals surface area contributed by atoms with Crippen molar-refractivity contribution in [1.82, 2.24) is 0 Å². The van der Waals surface area contributed by atoms with Crippen LogP contribution >= 0.6 is 0 Å². The van der Waals surface area contributed by atoms with Crippen LogP contribution in [-0.2, 0) is 9.53 Å². The molecule has 0 saturated heterocycles. The zero-order valence-corrected chi connectivity index (χ0v) is 12.5. The first-order chi connectivity index (χ1) is 11.1. The molecule has 0 heterocycles. The highest BCUT2D eigenvalue weighted by molar-refractivity contribution is 5.57. The Morgan fingerprint density at radius 1 is 1.09 bits per heavy atom. The number of nitrogens with zero attached hydrogens (tertiary/aromatic N) is 1. The monoisotopic (exact) mass is 316 g/mol. The molecule has 0 fully saturated rings. The van der Waals surface area contributed by atoms with Crippen molar-refractivity contribution in [3.05, 3.63) is 63.7 Å². The first-order valence-electron chi connectivity index (χ1n) is 6.60. The third kappa shape index (κ3) is 3.39. The van der Waals surface area contributed by atoms with E-state index in [1.54, 1.807) is 30.3 Å². The van der Waals surface area contributed by atoms with E-state index in [1.165, 1.54) is 32.8 Å². The fourth-order valence-electron chi connectivity index (χ4n) is 2.24. The summed E-state index contributed by atoms with van der Waals surface area (Å²) in [7, 11) is 2.79. The number of hydrogen-bond acceptors (Lipinski definition) is 6. The van der Waals surface area contributed by atoms with Gasteiger partial charge in [-0.3, -0.25) is 10.1 Å². The highest BCUT2D eigenvalue weighted by Gasteiger charge is 2.28. The minimum absolute atomic E-state index is 0.169. The van der Waals surface area contributed by atoms with E-state index in [4.69, 9.17) is 14.2 Å². The number of hydrogen-bond donors (Lipinski definition) is 0. The molecule has 0 aliphatic heterocycles. The lowest BCUT2D eigenvalue weighted by Crippen LogP contribution is -2.09. The van der Waals surface area contributed by atoms with Gasteiger partial charge in [-0.05, 0) is 11.6 Å². The highest BCUT2D eigenvalue weighted by atomic mass is 16.6. The molecule has 7 nitrogen and oxygen atoms in total. The van der Waals surface area contributed by atoms with E-state index in [0.29, 0.717) is 11.3 Å². The molecule has 7 heteroatoms. The molecular weight excluding hydrogens is 302 g/mol. The van der Waals surface area contributed by atoms with Gasteiger partial charge < -0.3 is 14.2 Å². The van der Waals surface area contributed by atoms with E-state index in [0.717, 1.165) is 0 Å². The van der Waals surface area contributed by atoms with Gasteiger partial charge in [0.15, 0.2) is 17.6 Å². The van der Waals surface area contributed by atoms with Crippen LogP contribution in [0.25, 0.3) is 0 Å². The van der Waals surface area contributed by atoms with Crippen molar-refractivity contribution >= 4 is 12.2 Å². The van der Waals surface area contributed by atoms with Gasteiger partial charge in [0.25, 0.3) is 5.69 Å². The molecule has 0 saturated carbocycles. The van der Waals surface area contributed by atoms with Crippen molar-refractivity contribution < 1.29 is 23.9 Å². The second-order valence-electron chi connectivity index (χ2n) is 4.52. The Balaban J connectivity index is 2.66. The maximum atomic E-state index is 11.4. The van der Waals surface area contributed by atoms with E-state index >= 15 is 0 Å². The summed E-state index contributed by atoms with van der Waals surface area (Å²) < 4.78 is 15.2. The lowest BCUT2D eigenvalue weighted by Gasteiger charge is -2.17. The molecule has 0 bridgehead atoms. The summed E-state index contributed by atoms with van der Waals surface area (Å²) >= 11 is 0. The molecule has 119 valence electrons. The average Bonchev–Trinajstić information content (AvgIpc) is 2.59. The number of benzene rings is 2. The first kappa shape index (κ1) is 16.3. The molecule has 1 radical (unpaired) electrons. The van der Waals surface area contributed by atoms with Crippen LogP contribution in [0.2, 0.25) is 0 Å². The molecule has 2 rings (SSSR count). The van der Waals surface area contributed by atoms with Gasteiger partial charge in [0.1, 0.15) is 0 Å². The Morgan fingerprint density at radius 3 is 2.22 bits per heavy atom. The molecule has 1 unspecified atom stereocenters. The second kappa shape index (κ2) is 7.26. The Bertz CT molecular complexity index is 701. The fraction of sp³-hybridized carbons (Fsp3) is 0.188. The summed E-state index contributed by atoms with van der Waals surface area (Å²) in [6.45, 7) is 1.35. The largest absolute Gasteiger partial charge is 0.493 e. The minimum Gasteiger partial charge on any atom is -0.493 e. The predicted molar refractivity (Wildman–Crippen MR) is 81.3 cm³/mol. The standard InChI is InChI=1S/C16H14NO6/c1-21-14-8-12(13(17(19)20)9-15(14)22-2)16(23-10-18)11-6-4-3-5-7-11/h3-9,16H,1-2H3. The van der Waals surface area contributed by atoms with Crippen LogP contribution < -0.4 is 9.47 Å². The normalized spacial score (nSPS) is 11.4. The smallest absolute Gasteiger partial charge is 0.418 e. The lowest BCUT2D eigenvalue weighted by molar-refractivity contribution is -0.386. The number of carbonyl (C=O) groups excluding carboxylic acids is 1. The van der Waals surface area contributed by atoms with Crippen LogP contribution in [0.3, 0.4) is 0 Å². The molecule has 23 heavy (non-hydrogen) atoms. The van der Waals surface area contributed by atoms with Gasteiger partial charge in [-0.1, -0.05) is 30.3 Å². The van der Waals surface area contributed by atoms with Crippen molar-refractivity contribution in [3.63, 3.8) is 0 Å². The second-order valence-corrected chi connectivity index (χ2v) is 4.52. The van der Waals surface area contributed by atoms with Gasteiger partial charge in [0, 0.05) is 0 Å². The summed E-state index contributed by atoms with van der Waals surface area (Å²) in [5, 5.41) is 11.4. The number of rotatable bonds is 7. The molecule has 1 atom stereocenters. The van der Waals surface area contributed by atoms with E-state index in [-0.39, 0.29) is 17.0 Å². The van der Waals surface area contributed by atoms with E-state index in [1.807, 2.05) is 0 Å². The molecule has 0 spiro atoms. The summed E-state index contributed by atoms with van der Waals surface area (Å²) in [5.41, 5.74) is 0.500. The van der Waals surface area contributed by atoms with E-state index < -0.39 is 11.0 Å². The third-order valence-corrected chi connectivity index (χ3v) is 3.28. The van der Waals surface area contributed by atoms with Crippen molar-refractivity contribution in [1.29, 1.82) is 0 Å². The van der Waals surface area contributed by atoms with E-state index in [9.17, 15) is 14.9 Å². The Hall–Kier alpha value is -3.09. The molecule has 0 aliphatic rings. The molecule has 0 amide bonds. The van der Waals surface area contributed by atoms with Crippen molar-refractivity contribution in [3.8, 4) is 11.5 Å². The maximum absolute atomic E-state index is 11.4. The van der Waals surface area contributed by atoms with Gasteiger partial charge in [0.05, 0.1) is 30.8 Å². The number of nitro groups is 1. The Kier molecular flexibility index (Phi) is 5.14. The molecular formula is C16H14NO6. The number of ether oxygens (including phenoxy) is 3. The number of methoxy groups -OCH3 is 2. The van der Waals surface area contributed by atoms with Crippen molar-refractivity contribution in [2.24, 2.45) is 0 Å². The van der Waals surface area contributed by atoms with Crippen molar-refractivity contribution in [2.75, 3.05) is 14.2 Å². The van der Waals surface area contributed by atoms with Crippen LogP contribution in [0.5, 0.6) is 11.5 Å². The summed E-state index contributed by atoms with van der Waals surface area (Å²) in [5.74, 6) is 0.508. The van der Waals surface area contributed by atoms with Crippen LogP contribution in [0.4, 0.5) is 5.69 Å². The predicted octanol–water partition coefficient (Wildman–Crippen LogP) is 2.79. The van der Waals surface area contributed by atoms with Crippen LogP contribution in [0, 0.1) is 10.1 Å². The van der Waals surface area contributed by atoms with Gasteiger partial charge in [0.2, 0.25) is 0 Å². The number of nitro benzene ring substituents is 1. The van der Waals surface area contributed by atoms with Gasteiger partial charge in [-0.25, -0.2) is 4.79 Å². The topological polar surface area (TPSA) is 87.9 Å². The molecule has 0 aromatic heterocycles. The quantitative estimate of drug-likeness (QED) is 0.576. The van der Waals surface area contributed by atoms with Gasteiger partial charge >= 0.3 is 6.47 Å². The zero-order valence-electron chi connectivity index (χ0n) is 12.5. The molecule has 2 aromatic rings. The molecule has 2 aromatic carbocycles. The Morgan fingerprint density at radius 2 is 1.70 bits per heavy atom. The first-order valence-corrected chi connectivity index (χ1v) is 6.60. The zero-order chi connectivity index (χ0) is 16.8. The average molecular weight is 316 g/mol. The van der Waals surface area contributed by atoms with Crippen molar-refractivity contribution in [2.45, 2.75) is 6.10 Å². The molecule has 0 N–H and O–H groups in total. The summed E-state index contributed by atoms with van der Waals surface area (Å²) in [6.07, 6.45) is -0.978. The lowest BCUT2D eigenvalue weighted by atomic mass is 9.99. The fourth-order valence-corrected chi connectivity index (χ4v) is 2.24. The van der Waals surface area contributed by atoms with Crippen LogP contribution in [0.1, 0.15) is 17.2 Å². The summed E-state index contributed by atoms with van der Waals surface area (Å²) in [6, 6.07) is 11.3. The van der Waals surface area contributed by atoms with E-state index in [2.05, 4.69) is 0 Å². The van der Waals surface area contributed by atoms with Gasteiger partial charge in [-0.2, -0.15) is 0 Å². The summed E-state index contributed by atoms with van der Waals surface area (Å²) in [4.78, 5) is 21.6.